The number of amides is 1. The molecule has 2 rings (SSSR count). The average Bonchev–Trinajstić information content (AvgIpc) is 2.66. The second-order valence-electron chi connectivity index (χ2n) is 6.52. The van der Waals surface area contributed by atoms with Crippen molar-refractivity contribution in [1.82, 2.24) is 10.2 Å². The molecule has 0 aliphatic rings. The van der Waals surface area contributed by atoms with Gasteiger partial charge in [-0.2, -0.15) is 0 Å². The number of benzene rings is 2. The van der Waals surface area contributed by atoms with Gasteiger partial charge in [0.2, 0.25) is 5.75 Å². The Morgan fingerprint density at radius 3 is 2.15 bits per heavy atom. The Balaban J connectivity index is 2.26. The molecule has 0 saturated carbocycles. The molecule has 0 fully saturated rings. The summed E-state index contributed by atoms with van der Waals surface area (Å²) in [5.41, 5.74) is 2.66. The molecule has 6 nitrogen and oxygen atoms in total. The van der Waals surface area contributed by atoms with Crippen molar-refractivity contribution in [3.05, 3.63) is 53.1 Å². The molecule has 2 aromatic rings. The van der Waals surface area contributed by atoms with Gasteiger partial charge in [0.05, 0.1) is 27.4 Å². The number of hydrogen-bond donors (Lipinski definition) is 1. The zero-order chi connectivity index (χ0) is 20.0. The molecule has 27 heavy (non-hydrogen) atoms. The van der Waals surface area contributed by atoms with Gasteiger partial charge in [0.15, 0.2) is 11.5 Å². The molecular weight excluding hydrogens is 344 g/mol. The van der Waals surface area contributed by atoms with Crippen molar-refractivity contribution in [2.75, 3.05) is 42.0 Å². The van der Waals surface area contributed by atoms with E-state index in [9.17, 15) is 4.79 Å². The standard InChI is InChI=1S/C21H28N2O4/c1-14-8-7-9-15(10-14)21(24)22-13-17(23(2)3)16-11-18(25-4)20(27-6)19(12-16)26-5/h7-12,17H,13H2,1-6H3,(H,22,24). The number of hydrogen-bond acceptors (Lipinski definition) is 5. The monoisotopic (exact) mass is 372 g/mol. The number of methoxy groups -OCH3 is 3. The van der Waals surface area contributed by atoms with Crippen LogP contribution in [-0.2, 0) is 0 Å². The smallest absolute Gasteiger partial charge is 0.251 e. The summed E-state index contributed by atoms with van der Waals surface area (Å²) < 4.78 is 16.3. The quantitative estimate of drug-likeness (QED) is 0.772. The molecule has 0 heterocycles. The molecule has 146 valence electrons. The highest BCUT2D eigenvalue weighted by molar-refractivity contribution is 5.94. The molecule has 0 bridgehead atoms. The molecule has 0 aliphatic carbocycles. The largest absolute Gasteiger partial charge is 0.493 e. The summed E-state index contributed by atoms with van der Waals surface area (Å²) in [7, 11) is 8.68. The second-order valence-corrected chi connectivity index (χ2v) is 6.52. The van der Waals surface area contributed by atoms with Crippen LogP contribution in [0.25, 0.3) is 0 Å². The minimum absolute atomic E-state index is 0.0625. The van der Waals surface area contributed by atoms with Crippen LogP contribution in [0.2, 0.25) is 0 Å². The summed E-state index contributed by atoms with van der Waals surface area (Å²) in [6.07, 6.45) is 0. The Kier molecular flexibility index (Phi) is 7.07. The van der Waals surface area contributed by atoms with Crippen molar-refractivity contribution in [2.45, 2.75) is 13.0 Å². The number of nitrogens with zero attached hydrogens (tertiary/aromatic N) is 1. The van der Waals surface area contributed by atoms with E-state index < -0.39 is 0 Å². The van der Waals surface area contributed by atoms with Gasteiger partial charge >= 0.3 is 0 Å². The van der Waals surface area contributed by atoms with E-state index in [1.54, 1.807) is 21.3 Å². The number of likely N-dealkylation sites (N-methyl/N-ethyl adjacent to an activating group) is 1. The van der Waals surface area contributed by atoms with E-state index in [1.165, 1.54) is 0 Å². The Labute approximate surface area is 161 Å². The molecule has 0 aromatic heterocycles. The molecular formula is C21H28N2O4. The van der Waals surface area contributed by atoms with Gasteiger partial charge in [-0.25, -0.2) is 0 Å². The highest BCUT2D eigenvalue weighted by Crippen LogP contribution is 2.40. The van der Waals surface area contributed by atoms with Crippen molar-refractivity contribution in [1.29, 1.82) is 0 Å². The lowest BCUT2D eigenvalue weighted by molar-refractivity contribution is 0.0942. The third-order valence-corrected chi connectivity index (χ3v) is 4.43. The van der Waals surface area contributed by atoms with Crippen LogP contribution in [0.3, 0.4) is 0 Å². The van der Waals surface area contributed by atoms with E-state index in [1.807, 2.05) is 62.3 Å². The van der Waals surface area contributed by atoms with Gasteiger partial charge in [0, 0.05) is 12.1 Å². The lowest BCUT2D eigenvalue weighted by Crippen LogP contribution is -2.34. The SMILES string of the molecule is COc1cc(C(CNC(=O)c2cccc(C)c2)N(C)C)cc(OC)c1OC. The van der Waals surface area contributed by atoms with E-state index in [-0.39, 0.29) is 11.9 Å². The maximum absolute atomic E-state index is 12.5. The molecule has 1 N–H and O–H groups in total. The number of rotatable bonds is 8. The van der Waals surface area contributed by atoms with Gasteiger partial charge in [-0.1, -0.05) is 17.7 Å². The first kappa shape index (κ1) is 20.6. The van der Waals surface area contributed by atoms with Gasteiger partial charge in [-0.05, 0) is 50.8 Å². The molecule has 1 amide bonds. The second kappa shape index (κ2) is 9.28. The third kappa shape index (κ3) is 4.92. The van der Waals surface area contributed by atoms with Gasteiger partial charge in [0.25, 0.3) is 5.91 Å². The first-order valence-electron chi connectivity index (χ1n) is 8.72. The summed E-state index contributed by atoms with van der Waals surface area (Å²) >= 11 is 0. The summed E-state index contributed by atoms with van der Waals surface area (Å²) in [5.74, 6) is 1.62. The number of carbonyl (C=O) groups excluding carboxylic acids is 1. The number of aryl methyl sites for hydroxylation is 1. The first-order valence-corrected chi connectivity index (χ1v) is 8.72. The minimum Gasteiger partial charge on any atom is -0.493 e. The van der Waals surface area contributed by atoms with E-state index in [2.05, 4.69) is 5.32 Å². The zero-order valence-corrected chi connectivity index (χ0v) is 16.8. The molecule has 0 spiro atoms. The van der Waals surface area contributed by atoms with Gasteiger partial charge in [0.1, 0.15) is 0 Å². The van der Waals surface area contributed by atoms with E-state index in [0.717, 1.165) is 11.1 Å². The summed E-state index contributed by atoms with van der Waals surface area (Å²) in [6, 6.07) is 11.3. The summed E-state index contributed by atoms with van der Waals surface area (Å²) in [6.45, 7) is 2.41. The summed E-state index contributed by atoms with van der Waals surface area (Å²) in [5, 5.41) is 3.02. The van der Waals surface area contributed by atoms with E-state index in [0.29, 0.717) is 29.4 Å². The molecule has 1 atom stereocenters. The van der Waals surface area contributed by atoms with Crippen LogP contribution in [0.5, 0.6) is 17.2 Å². The maximum atomic E-state index is 12.5. The number of carbonyl (C=O) groups is 1. The van der Waals surface area contributed by atoms with Gasteiger partial charge < -0.3 is 24.4 Å². The molecule has 2 aromatic carbocycles. The Morgan fingerprint density at radius 1 is 1.04 bits per heavy atom. The van der Waals surface area contributed by atoms with Crippen LogP contribution in [-0.4, -0.2) is 52.8 Å². The lowest BCUT2D eigenvalue weighted by Gasteiger charge is -2.26. The van der Waals surface area contributed by atoms with E-state index in [4.69, 9.17) is 14.2 Å². The fraction of sp³-hybridized carbons (Fsp3) is 0.381. The third-order valence-electron chi connectivity index (χ3n) is 4.43. The van der Waals surface area contributed by atoms with Crippen molar-refractivity contribution in [3.8, 4) is 17.2 Å². The van der Waals surface area contributed by atoms with Crippen molar-refractivity contribution >= 4 is 5.91 Å². The summed E-state index contributed by atoms with van der Waals surface area (Å²) in [4.78, 5) is 14.5. The van der Waals surface area contributed by atoms with Crippen LogP contribution >= 0.6 is 0 Å². The Hall–Kier alpha value is -2.73. The minimum atomic E-state index is -0.0991. The average molecular weight is 372 g/mol. The molecule has 0 saturated heterocycles. The van der Waals surface area contributed by atoms with E-state index >= 15 is 0 Å². The topological polar surface area (TPSA) is 60.0 Å². The predicted molar refractivity (Wildman–Crippen MR) is 106 cm³/mol. The first-order chi connectivity index (χ1) is 12.9. The van der Waals surface area contributed by atoms with Gasteiger partial charge in [-0.3, -0.25) is 4.79 Å². The van der Waals surface area contributed by atoms with Crippen LogP contribution in [0.15, 0.2) is 36.4 Å². The Bertz CT molecular complexity index is 764. The van der Waals surface area contributed by atoms with Gasteiger partial charge in [-0.15, -0.1) is 0 Å². The predicted octanol–water partition coefficient (Wildman–Crippen LogP) is 3.05. The number of nitrogens with one attached hydrogen (secondary N) is 1. The van der Waals surface area contributed by atoms with Crippen molar-refractivity contribution < 1.29 is 19.0 Å². The van der Waals surface area contributed by atoms with Crippen molar-refractivity contribution in [2.24, 2.45) is 0 Å². The zero-order valence-electron chi connectivity index (χ0n) is 16.8. The van der Waals surface area contributed by atoms with Crippen LogP contribution in [0, 0.1) is 6.92 Å². The molecule has 0 radical (unpaired) electrons. The fourth-order valence-electron chi connectivity index (χ4n) is 2.97. The Morgan fingerprint density at radius 2 is 1.67 bits per heavy atom. The highest BCUT2D eigenvalue weighted by atomic mass is 16.5. The molecule has 0 aliphatic heterocycles. The lowest BCUT2D eigenvalue weighted by atomic mass is 10.0. The molecule has 6 heteroatoms. The normalized spacial score (nSPS) is 11.8. The molecule has 1 unspecified atom stereocenters. The van der Waals surface area contributed by atoms with Crippen LogP contribution in [0.4, 0.5) is 0 Å². The maximum Gasteiger partial charge on any atom is 0.251 e. The number of ether oxygens (including phenoxy) is 3. The highest BCUT2D eigenvalue weighted by Gasteiger charge is 2.21. The fourth-order valence-corrected chi connectivity index (χ4v) is 2.97. The van der Waals surface area contributed by atoms with Crippen molar-refractivity contribution in [3.63, 3.8) is 0 Å². The van der Waals surface area contributed by atoms with Crippen LogP contribution < -0.4 is 19.5 Å². The van der Waals surface area contributed by atoms with Crippen LogP contribution in [0.1, 0.15) is 27.5 Å².